The van der Waals surface area contributed by atoms with E-state index in [9.17, 15) is 10.0 Å². The first-order chi connectivity index (χ1) is 11.6. The molecule has 0 fully saturated rings. The molecule has 26 heavy (non-hydrogen) atoms. The molecule has 0 saturated heterocycles. The Labute approximate surface area is 158 Å². The first-order valence-electron chi connectivity index (χ1n) is 7.22. The van der Waals surface area contributed by atoms with Crippen molar-refractivity contribution in [3.8, 4) is 5.75 Å². The fourth-order valence-electron chi connectivity index (χ4n) is 1.52. The van der Waals surface area contributed by atoms with E-state index in [-0.39, 0.29) is 12.3 Å². The van der Waals surface area contributed by atoms with Gasteiger partial charge >= 0.3 is 0 Å². The monoisotopic (exact) mass is 348 g/mol. The van der Waals surface area contributed by atoms with Gasteiger partial charge in [0.15, 0.2) is 0 Å². The van der Waals surface area contributed by atoms with Crippen molar-refractivity contribution >= 4 is 33.9 Å². The van der Waals surface area contributed by atoms with Crippen LogP contribution in [0.4, 0.5) is 0 Å². The third kappa shape index (κ3) is 13.9. The summed E-state index contributed by atoms with van der Waals surface area (Å²) in [6.07, 6.45) is 0. The van der Waals surface area contributed by atoms with Crippen LogP contribution in [0.3, 0.4) is 0 Å². The van der Waals surface area contributed by atoms with Gasteiger partial charge in [0.25, 0.3) is 0 Å². The molecule has 0 aliphatic rings. The second-order valence-electron chi connectivity index (χ2n) is 4.54. The standard InChI is InChI=1S/C6H5BO3.2C6H5B.2H3N/c8-7(9)10-6-4-2-1-3-5-6;2*7-6-4-2-1-3-5-6;;/h1-5H;2*1-5H;2*1H3/q-2;;;;/p+2. The number of hydrogen-bond acceptors (Lipinski definition) is 3. The Kier molecular flexibility index (Phi) is 15.8. The van der Waals surface area contributed by atoms with Crippen molar-refractivity contribution < 1.29 is 14.7 Å². The Balaban J connectivity index is 0. The van der Waals surface area contributed by atoms with E-state index < -0.39 is 7.32 Å². The number of hydrogen-bond donors (Lipinski definition) is 2. The maximum atomic E-state index is 9.92. The molecule has 4 radical (unpaired) electrons. The first kappa shape index (κ1) is 25.7. The zero-order valence-corrected chi connectivity index (χ0v) is 15.1. The number of rotatable bonds is 2. The first-order valence-corrected chi connectivity index (χ1v) is 7.22. The van der Waals surface area contributed by atoms with E-state index in [2.05, 4.69) is 4.65 Å². The molecule has 3 rings (SSSR count). The third-order valence-electron chi connectivity index (χ3n) is 2.57. The highest BCUT2D eigenvalue weighted by atomic mass is 16.6. The lowest BCUT2D eigenvalue weighted by Crippen LogP contribution is -2.50. The van der Waals surface area contributed by atoms with E-state index >= 15 is 0 Å². The van der Waals surface area contributed by atoms with Crippen LogP contribution in [0, 0.1) is 0 Å². The summed E-state index contributed by atoms with van der Waals surface area (Å²) >= 11 is 0. The van der Waals surface area contributed by atoms with Crippen molar-refractivity contribution in [3.05, 3.63) is 91.0 Å². The minimum absolute atomic E-state index is 0. The molecule has 0 unspecified atom stereocenters. The lowest BCUT2D eigenvalue weighted by molar-refractivity contribution is -0.372. The highest BCUT2D eigenvalue weighted by molar-refractivity contribution is 6.32. The Morgan fingerprint density at radius 2 is 0.885 bits per heavy atom. The Hall–Kier alpha value is -2.51. The number of para-hydroxylation sites is 1. The van der Waals surface area contributed by atoms with Gasteiger partial charge in [-0.15, -0.1) is 0 Å². The average molecular weight is 348 g/mol. The molecule has 0 bridgehead atoms. The summed E-state index contributed by atoms with van der Waals surface area (Å²) in [6.45, 7) is 0. The molecule has 8 N–H and O–H groups in total. The van der Waals surface area contributed by atoms with Crippen molar-refractivity contribution in [1.29, 1.82) is 0 Å². The summed E-state index contributed by atoms with van der Waals surface area (Å²) in [4.78, 5) is 0. The van der Waals surface area contributed by atoms with Gasteiger partial charge in [-0.25, -0.2) is 0 Å². The van der Waals surface area contributed by atoms with Gasteiger partial charge in [-0.1, -0.05) is 89.8 Å². The van der Waals surface area contributed by atoms with Crippen LogP contribution in [0.15, 0.2) is 91.0 Å². The topological polar surface area (TPSA) is 128 Å². The summed E-state index contributed by atoms with van der Waals surface area (Å²) in [5.74, 6) is 0.317. The third-order valence-corrected chi connectivity index (χ3v) is 2.57. The lowest BCUT2D eigenvalue weighted by atomic mass is 9.97. The second kappa shape index (κ2) is 16.0. The van der Waals surface area contributed by atoms with Crippen molar-refractivity contribution in [2.75, 3.05) is 0 Å². The largest absolute Gasteiger partial charge is 0.860 e. The van der Waals surface area contributed by atoms with E-state index in [0.29, 0.717) is 5.75 Å². The minimum Gasteiger partial charge on any atom is -0.860 e. The van der Waals surface area contributed by atoms with Gasteiger partial charge in [0, 0.05) is 0 Å². The van der Waals surface area contributed by atoms with Crippen molar-refractivity contribution in [1.82, 2.24) is 12.3 Å². The summed E-state index contributed by atoms with van der Waals surface area (Å²) in [5, 5.41) is 19.8. The molecule has 0 aliphatic heterocycles. The van der Waals surface area contributed by atoms with Crippen LogP contribution in [0.5, 0.6) is 5.75 Å². The van der Waals surface area contributed by atoms with Crippen LogP contribution >= 0.6 is 0 Å². The van der Waals surface area contributed by atoms with E-state index in [4.69, 9.17) is 15.7 Å². The molecule has 0 atom stereocenters. The van der Waals surface area contributed by atoms with E-state index in [1.807, 2.05) is 60.7 Å². The van der Waals surface area contributed by atoms with Gasteiger partial charge in [-0.2, -0.15) is 0 Å². The fourth-order valence-corrected chi connectivity index (χ4v) is 1.52. The molecular weight excluding hydrogens is 325 g/mol. The molecule has 3 aromatic rings. The van der Waals surface area contributed by atoms with Crippen LogP contribution in [0.2, 0.25) is 0 Å². The molecule has 5 nitrogen and oxygen atoms in total. The maximum Gasteiger partial charge on any atom is 0.133 e. The summed E-state index contributed by atoms with van der Waals surface area (Å²) < 4.78 is 4.30. The normalized spacial score (nSPS) is 8.08. The molecule has 132 valence electrons. The predicted molar refractivity (Wildman–Crippen MR) is 108 cm³/mol. The zero-order chi connectivity index (χ0) is 17.6. The van der Waals surface area contributed by atoms with Crippen LogP contribution in [-0.4, -0.2) is 23.0 Å². The molecule has 0 amide bonds. The Morgan fingerprint density at radius 1 is 0.577 bits per heavy atom. The minimum atomic E-state index is -2.23. The van der Waals surface area contributed by atoms with E-state index in [1.165, 1.54) is 0 Å². The van der Waals surface area contributed by atoms with E-state index in [0.717, 1.165) is 10.9 Å². The highest BCUT2D eigenvalue weighted by Gasteiger charge is 1.84. The van der Waals surface area contributed by atoms with Gasteiger partial charge < -0.3 is 27.0 Å². The summed E-state index contributed by atoms with van der Waals surface area (Å²) in [6, 6.07) is 27.3. The number of quaternary nitrogens is 2. The molecule has 0 aliphatic carbocycles. The van der Waals surface area contributed by atoms with Gasteiger partial charge in [-0.05, 0) is 12.1 Å². The van der Waals surface area contributed by atoms with Gasteiger partial charge in [0.1, 0.15) is 23.0 Å². The quantitative estimate of drug-likeness (QED) is 0.654. The van der Waals surface area contributed by atoms with Crippen molar-refractivity contribution in [2.45, 2.75) is 0 Å². The molecule has 3 aromatic carbocycles. The van der Waals surface area contributed by atoms with Crippen LogP contribution in [0.1, 0.15) is 0 Å². The zero-order valence-electron chi connectivity index (χ0n) is 15.1. The van der Waals surface area contributed by atoms with Crippen LogP contribution in [-0.2, 0) is 0 Å². The smallest absolute Gasteiger partial charge is 0.133 e. The van der Waals surface area contributed by atoms with Crippen molar-refractivity contribution in [2.24, 2.45) is 0 Å². The molecule has 0 aromatic heterocycles. The predicted octanol–water partition coefficient (Wildman–Crippen LogP) is 0.484. The summed E-state index contributed by atoms with van der Waals surface area (Å²) in [5.41, 5.74) is 1.64. The second-order valence-corrected chi connectivity index (χ2v) is 4.54. The fraction of sp³-hybridized carbons (Fsp3) is 0. The Bertz CT molecular complexity index is 623. The molecular formula is C18H23B3N2O3. The lowest BCUT2D eigenvalue weighted by Gasteiger charge is -2.26. The number of benzene rings is 3. The maximum absolute atomic E-state index is 9.92. The average Bonchev–Trinajstić information content (AvgIpc) is 2.58. The van der Waals surface area contributed by atoms with Crippen LogP contribution < -0.4 is 37.9 Å². The molecule has 0 spiro atoms. The SMILES string of the molecule is [B]c1ccccc1.[B]c1ccccc1.[NH4+].[NH4+].[O-]B([O-])Oc1ccccc1. The van der Waals surface area contributed by atoms with Gasteiger partial charge in [0.05, 0.1) is 5.75 Å². The molecule has 0 saturated carbocycles. The van der Waals surface area contributed by atoms with Crippen LogP contribution in [0.25, 0.3) is 0 Å². The van der Waals surface area contributed by atoms with E-state index in [1.54, 1.807) is 30.3 Å². The summed E-state index contributed by atoms with van der Waals surface area (Å²) in [7, 11) is 8.48. The van der Waals surface area contributed by atoms with Gasteiger partial charge in [0.2, 0.25) is 0 Å². The Morgan fingerprint density at radius 3 is 1.12 bits per heavy atom. The van der Waals surface area contributed by atoms with Gasteiger partial charge in [-0.3, -0.25) is 0 Å². The van der Waals surface area contributed by atoms with Crippen molar-refractivity contribution in [3.63, 3.8) is 0 Å². The molecule has 0 heterocycles. The highest BCUT2D eigenvalue weighted by Crippen LogP contribution is 2.06. The molecule has 8 heteroatoms.